The Hall–Kier alpha value is -7.89. The third-order valence-electron chi connectivity index (χ3n) is 11.6. The van der Waals surface area contributed by atoms with Crippen molar-refractivity contribution in [3.63, 3.8) is 0 Å². The van der Waals surface area contributed by atoms with E-state index in [0.717, 1.165) is 60.7 Å². The third kappa shape index (κ3) is 4.93. The van der Waals surface area contributed by atoms with Gasteiger partial charge in [-0.2, -0.15) is 0 Å². The van der Waals surface area contributed by atoms with E-state index in [9.17, 15) is 0 Å². The summed E-state index contributed by atoms with van der Waals surface area (Å²) in [4.78, 5) is 15.1. The maximum absolute atomic E-state index is 5.37. The van der Waals surface area contributed by atoms with Crippen molar-refractivity contribution in [2.75, 3.05) is 0 Å². The van der Waals surface area contributed by atoms with E-state index < -0.39 is 0 Å². The highest BCUT2D eigenvalue weighted by molar-refractivity contribution is 6.22. The monoisotopic (exact) mass is 739 g/mol. The number of fused-ring (bicyclic) bond motifs is 9. The Labute approximate surface area is 333 Å². The number of benzene rings is 8. The predicted molar refractivity (Wildman–Crippen MR) is 240 cm³/mol. The molecule has 0 aliphatic heterocycles. The van der Waals surface area contributed by atoms with E-state index in [2.05, 4.69) is 190 Å². The first kappa shape index (κ1) is 32.4. The first-order valence-corrected chi connectivity index (χ1v) is 19.6. The van der Waals surface area contributed by atoms with Crippen LogP contribution in [0.25, 0.3) is 110 Å². The molecule has 0 atom stereocenters. The lowest BCUT2D eigenvalue weighted by atomic mass is 9.94. The van der Waals surface area contributed by atoms with Crippen LogP contribution in [0.1, 0.15) is 0 Å². The Morgan fingerprint density at radius 1 is 0.362 bits per heavy atom. The van der Waals surface area contributed by atoms with Crippen molar-refractivity contribution in [2.45, 2.75) is 0 Å². The van der Waals surface area contributed by atoms with Crippen LogP contribution in [0.3, 0.4) is 0 Å². The smallest absolute Gasteiger partial charge is 0.235 e. The van der Waals surface area contributed by atoms with Crippen LogP contribution in [-0.4, -0.2) is 24.1 Å². The second kappa shape index (κ2) is 12.8. The average Bonchev–Trinajstić information content (AvgIpc) is 3.82. The van der Waals surface area contributed by atoms with Crippen LogP contribution in [0.2, 0.25) is 0 Å². The molecule has 0 aliphatic rings. The van der Waals surface area contributed by atoms with Crippen molar-refractivity contribution in [2.24, 2.45) is 0 Å². The average molecular weight is 740 g/mol. The molecule has 270 valence electrons. The Morgan fingerprint density at radius 3 is 1.74 bits per heavy atom. The summed E-state index contributed by atoms with van der Waals surface area (Å²) in [5.74, 6) is 0.648. The molecule has 5 nitrogen and oxygen atoms in total. The van der Waals surface area contributed by atoms with Gasteiger partial charge in [-0.25, -0.2) is 9.97 Å². The zero-order valence-electron chi connectivity index (χ0n) is 31.3. The zero-order chi connectivity index (χ0) is 38.2. The highest BCUT2D eigenvalue weighted by atomic mass is 15.2. The molecule has 0 N–H and O–H groups in total. The molecule has 8 aromatic carbocycles. The van der Waals surface area contributed by atoms with E-state index in [1.807, 2.05) is 24.5 Å². The summed E-state index contributed by atoms with van der Waals surface area (Å²) in [7, 11) is 0. The van der Waals surface area contributed by atoms with Gasteiger partial charge in [-0.15, -0.1) is 0 Å². The summed E-state index contributed by atoms with van der Waals surface area (Å²) >= 11 is 0. The van der Waals surface area contributed by atoms with Crippen molar-refractivity contribution >= 4 is 65.3 Å². The van der Waals surface area contributed by atoms with Gasteiger partial charge in [0.1, 0.15) is 0 Å². The lowest BCUT2D eigenvalue weighted by Gasteiger charge is -2.13. The SMILES string of the molecule is c1ccc(-c2ccc(-c3nc(-n4c5ccccc5c5cc(-c6cc7c8ccccc8n(-c8cccnc8)c7c7ccccc67)ccc54)nc4ccccc34)cc2)cc1. The van der Waals surface area contributed by atoms with Crippen LogP contribution < -0.4 is 0 Å². The number of aromatic nitrogens is 5. The molecule has 0 saturated heterocycles. The highest BCUT2D eigenvalue weighted by Gasteiger charge is 2.21. The minimum atomic E-state index is 0.648. The Bertz CT molecular complexity index is 3550. The van der Waals surface area contributed by atoms with E-state index in [1.54, 1.807) is 0 Å². The minimum absolute atomic E-state index is 0.648. The standard InChI is InChI=1S/C53H33N5/c1-2-13-34(14-3-1)35-24-26-36(27-25-35)51-43-20-6-9-21-47(43)55-53(56-51)58-49-23-11-7-17-40(49)45-31-37(28-29-50(45)58)44-32-46-41-18-8-10-22-48(41)57(38-15-12-30-54-33-38)52(46)42-19-5-4-16-39(42)44/h1-33H. The van der Waals surface area contributed by atoms with Gasteiger partial charge in [0.2, 0.25) is 5.95 Å². The molecular formula is C53H33N5. The van der Waals surface area contributed by atoms with Gasteiger partial charge >= 0.3 is 0 Å². The van der Waals surface area contributed by atoms with Crippen molar-refractivity contribution in [3.8, 4) is 45.1 Å². The zero-order valence-corrected chi connectivity index (χ0v) is 31.3. The number of nitrogens with zero attached hydrogens (tertiary/aromatic N) is 5. The normalized spacial score (nSPS) is 11.8. The molecule has 58 heavy (non-hydrogen) atoms. The summed E-state index contributed by atoms with van der Waals surface area (Å²) in [6.45, 7) is 0. The first-order valence-electron chi connectivity index (χ1n) is 19.6. The van der Waals surface area contributed by atoms with E-state index in [0.29, 0.717) is 5.95 Å². The minimum Gasteiger partial charge on any atom is -0.307 e. The highest BCUT2D eigenvalue weighted by Crippen LogP contribution is 2.43. The number of para-hydroxylation sites is 3. The summed E-state index contributed by atoms with van der Waals surface area (Å²) in [5, 5.41) is 8.16. The Kier molecular flexibility index (Phi) is 7.16. The van der Waals surface area contributed by atoms with Gasteiger partial charge in [-0.3, -0.25) is 9.55 Å². The van der Waals surface area contributed by atoms with Crippen LogP contribution in [0.15, 0.2) is 200 Å². The molecule has 0 fully saturated rings. The second-order valence-electron chi connectivity index (χ2n) is 14.8. The fraction of sp³-hybridized carbons (Fsp3) is 0. The van der Waals surface area contributed by atoms with Crippen molar-refractivity contribution < 1.29 is 0 Å². The molecule has 0 unspecified atom stereocenters. The molecule has 0 saturated carbocycles. The third-order valence-corrected chi connectivity index (χ3v) is 11.6. The van der Waals surface area contributed by atoms with Gasteiger partial charge in [0.15, 0.2) is 0 Å². The van der Waals surface area contributed by atoms with Gasteiger partial charge in [0.25, 0.3) is 0 Å². The Balaban J connectivity index is 1.07. The van der Waals surface area contributed by atoms with E-state index in [1.165, 1.54) is 43.8 Å². The molecule has 0 aliphatic carbocycles. The van der Waals surface area contributed by atoms with Crippen molar-refractivity contribution in [3.05, 3.63) is 200 Å². The molecule has 12 rings (SSSR count). The fourth-order valence-electron chi connectivity index (χ4n) is 9.01. The number of hydrogen-bond acceptors (Lipinski definition) is 3. The van der Waals surface area contributed by atoms with Gasteiger partial charge in [-0.05, 0) is 76.2 Å². The maximum atomic E-state index is 5.37. The van der Waals surface area contributed by atoms with E-state index >= 15 is 0 Å². The summed E-state index contributed by atoms with van der Waals surface area (Å²) < 4.78 is 4.58. The van der Waals surface area contributed by atoms with Gasteiger partial charge in [-0.1, -0.05) is 140 Å². The van der Waals surface area contributed by atoms with Gasteiger partial charge < -0.3 is 4.57 Å². The lowest BCUT2D eigenvalue weighted by Crippen LogP contribution is -2.03. The molecule has 0 radical (unpaired) electrons. The quantitative estimate of drug-likeness (QED) is 0.177. The molecule has 0 bridgehead atoms. The van der Waals surface area contributed by atoms with Gasteiger partial charge in [0.05, 0.1) is 45.2 Å². The molecule has 0 spiro atoms. The first-order chi connectivity index (χ1) is 28.8. The second-order valence-corrected chi connectivity index (χ2v) is 14.8. The number of rotatable bonds is 5. The molecular weight excluding hydrogens is 707 g/mol. The maximum Gasteiger partial charge on any atom is 0.235 e. The predicted octanol–water partition coefficient (Wildman–Crippen LogP) is 13.4. The van der Waals surface area contributed by atoms with Gasteiger partial charge in [0, 0.05) is 44.1 Å². The van der Waals surface area contributed by atoms with Crippen LogP contribution in [0.4, 0.5) is 0 Å². The molecule has 12 aromatic rings. The van der Waals surface area contributed by atoms with Crippen molar-refractivity contribution in [1.29, 1.82) is 0 Å². The number of pyridine rings is 1. The number of hydrogen-bond donors (Lipinski definition) is 0. The van der Waals surface area contributed by atoms with Crippen molar-refractivity contribution in [1.82, 2.24) is 24.1 Å². The van der Waals surface area contributed by atoms with Crippen LogP contribution >= 0.6 is 0 Å². The van der Waals surface area contributed by atoms with Crippen LogP contribution in [0.5, 0.6) is 0 Å². The molecule has 0 amide bonds. The molecule has 4 heterocycles. The summed E-state index contributed by atoms with van der Waals surface area (Å²) in [5.41, 5.74) is 13.1. The Morgan fingerprint density at radius 2 is 0.966 bits per heavy atom. The van der Waals surface area contributed by atoms with Crippen LogP contribution in [0, 0.1) is 0 Å². The topological polar surface area (TPSA) is 48.5 Å². The molecule has 5 heteroatoms. The molecule has 4 aromatic heterocycles. The van der Waals surface area contributed by atoms with E-state index in [-0.39, 0.29) is 0 Å². The van der Waals surface area contributed by atoms with Crippen LogP contribution in [-0.2, 0) is 0 Å². The lowest BCUT2D eigenvalue weighted by molar-refractivity contribution is 1.01. The summed E-state index contributed by atoms with van der Waals surface area (Å²) in [6.07, 6.45) is 3.78. The largest absolute Gasteiger partial charge is 0.307 e. The summed E-state index contributed by atoms with van der Waals surface area (Å²) in [6, 6.07) is 67.0. The fourth-order valence-corrected chi connectivity index (χ4v) is 9.01. The van der Waals surface area contributed by atoms with E-state index in [4.69, 9.17) is 9.97 Å².